The number of hydrogen-bond donors (Lipinski definition) is 3. The summed E-state index contributed by atoms with van der Waals surface area (Å²) < 4.78 is 38.2. The molecule has 1 amide bonds. The van der Waals surface area contributed by atoms with Gasteiger partial charge in [0.2, 0.25) is 5.91 Å². The number of rotatable bonds is 14. The summed E-state index contributed by atoms with van der Waals surface area (Å²) in [5.41, 5.74) is 0. The molecule has 0 spiro atoms. The number of hydrogen-bond acceptors (Lipinski definition) is 5. The molecule has 1 aromatic rings. The molecule has 1 saturated carbocycles. The number of aliphatic hydroxyl groups excluding tert-OH is 2. The van der Waals surface area contributed by atoms with Crippen molar-refractivity contribution in [3.05, 3.63) is 42.5 Å². The average Bonchev–Trinajstić information content (AvgIpc) is 3.02. The molecule has 0 saturated heterocycles. The van der Waals surface area contributed by atoms with Crippen molar-refractivity contribution in [1.82, 2.24) is 5.32 Å². The van der Waals surface area contributed by atoms with Gasteiger partial charge in [0.25, 0.3) is 0 Å². The largest absolute Gasteiger partial charge is 0.433 e. The number of para-hydroxylation sites is 1. The number of carbonyl (C=O) groups is 1. The smallest absolute Gasteiger partial charge is 0.397 e. The minimum absolute atomic E-state index is 0.0245. The van der Waals surface area contributed by atoms with Crippen LogP contribution in [0.4, 0.5) is 8.78 Å². The summed E-state index contributed by atoms with van der Waals surface area (Å²) in [6.45, 7) is 0.969. The Morgan fingerprint density at radius 1 is 1.19 bits per heavy atom. The van der Waals surface area contributed by atoms with Gasteiger partial charge in [-0.3, -0.25) is 4.79 Å². The van der Waals surface area contributed by atoms with Crippen LogP contribution in [0.15, 0.2) is 42.5 Å². The highest BCUT2D eigenvalue weighted by Gasteiger charge is 2.43. The monoisotopic (exact) mass is 455 g/mol. The number of methoxy groups -OCH3 is 1. The maximum Gasteiger partial charge on any atom is 0.397 e. The predicted molar refractivity (Wildman–Crippen MR) is 117 cm³/mol. The quantitative estimate of drug-likeness (QED) is 0.294. The molecule has 6 nitrogen and oxygen atoms in total. The second-order valence-electron chi connectivity index (χ2n) is 8.23. The topological polar surface area (TPSA) is 88.0 Å². The molecule has 1 aliphatic carbocycles. The van der Waals surface area contributed by atoms with E-state index in [2.05, 4.69) is 5.32 Å². The van der Waals surface area contributed by atoms with Crippen LogP contribution in [-0.4, -0.2) is 54.7 Å². The molecule has 8 heteroatoms. The van der Waals surface area contributed by atoms with E-state index in [0.717, 1.165) is 0 Å². The first-order valence-electron chi connectivity index (χ1n) is 11.2. The Hall–Kier alpha value is -2.03. The number of ether oxygens (including phenoxy) is 2. The van der Waals surface area contributed by atoms with Crippen molar-refractivity contribution < 1.29 is 33.3 Å². The lowest BCUT2D eigenvalue weighted by molar-refractivity contribution is -0.184. The maximum absolute atomic E-state index is 14.2. The zero-order chi connectivity index (χ0) is 23.4. The van der Waals surface area contributed by atoms with Crippen LogP contribution in [0.2, 0.25) is 0 Å². The van der Waals surface area contributed by atoms with Gasteiger partial charge in [0.05, 0.1) is 25.2 Å². The number of nitrogens with one attached hydrogen (secondary N) is 1. The third-order valence-corrected chi connectivity index (χ3v) is 5.78. The molecule has 32 heavy (non-hydrogen) atoms. The van der Waals surface area contributed by atoms with Crippen molar-refractivity contribution in [2.45, 2.75) is 63.3 Å². The van der Waals surface area contributed by atoms with Crippen molar-refractivity contribution in [2.75, 3.05) is 20.3 Å². The molecule has 180 valence electrons. The highest BCUT2D eigenvalue weighted by atomic mass is 19.3. The van der Waals surface area contributed by atoms with Gasteiger partial charge in [-0.1, -0.05) is 30.4 Å². The van der Waals surface area contributed by atoms with Gasteiger partial charge in [0.1, 0.15) is 5.75 Å². The minimum Gasteiger partial charge on any atom is -0.433 e. The number of allylic oxidation sites excluding steroid dienone is 2. The Morgan fingerprint density at radius 3 is 2.62 bits per heavy atom. The molecular formula is C24H35F2NO5. The van der Waals surface area contributed by atoms with Gasteiger partial charge in [-0.25, -0.2) is 0 Å². The van der Waals surface area contributed by atoms with E-state index in [1.165, 1.54) is 12.1 Å². The lowest BCUT2D eigenvalue weighted by Gasteiger charge is -2.25. The van der Waals surface area contributed by atoms with E-state index in [0.29, 0.717) is 38.8 Å². The summed E-state index contributed by atoms with van der Waals surface area (Å²) in [4.78, 5) is 11.6. The van der Waals surface area contributed by atoms with Crippen molar-refractivity contribution in [2.24, 2.45) is 11.8 Å². The van der Waals surface area contributed by atoms with Crippen molar-refractivity contribution in [3.8, 4) is 5.75 Å². The fraction of sp³-hybridized carbons (Fsp3) is 0.625. The zero-order valence-corrected chi connectivity index (χ0v) is 18.6. The van der Waals surface area contributed by atoms with Crippen LogP contribution < -0.4 is 10.1 Å². The van der Waals surface area contributed by atoms with E-state index in [9.17, 15) is 23.8 Å². The molecular weight excluding hydrogens is 420 g/mol. The van der Waals surface area contributed by atoms with Gasteiger partial charge in [-0.2, -0.15) is 8.78 Å². The van der Waals surface area contributed by atoms with Gasteiger partial charge in [-0.05, 0) is 56.1 Å². The first-order chi connectivity index (χ1) is 15.3. The molecule has 0 heterocycles. The van der Waals surface area contributed by atoms with Crippen LogP contribution in [-0.2, 0) is 9.53 Å². The number of benzene rings is 1. The van der Waals surface area contributed by atoms with Crippen LogP contribution in [0.1, 0.15) is 44.9 Å². The number of unbranched alkanes of at least 4 members (excludes halogenated alkanes) is 1. The summed E-state index contributed by atoms with van der Waals surface area (Å²) in [6, 6.07) is 7.91. The number of alkyl halides is 2. The van der Waals surface area contributed by atoms with Crippen molar-refractivity contribution in [1.29, 1.82) is 0 Å². The molecule has 1 fully saturated rings. The van der Waals surface area contributed by atoms with Gasteiger partial charge in [0, 0.05) is 20.1 Å². The first-order valence-corrected chi connectivity index (χ1v) is 11.2. The predicted octanol–water partition coefficient (Wildman–Crippen LogP) is 3.68. The molecule has 0 unspecified atom stereocenters. The summed E-state index contributed by atoms with van der Waals surface area (Å²) >= 11 is 0. The van der Waals surface area contributed by atoms with E-state index in [4.69, 9.17) is 9.47 Å². The molecule has 2 rings (SSSR count). The summed E-state index contributed by atoms with van der Waals surface area (Å²) in [5.74, 6) is -0.641. The molecule has 1 aliphatic rings. The molecule has 0 bridgehead atoms. The van der Waals surface area contributed by atoms with Gasteiger partial charge >= 0.3 is 6.11 Å². The minimum atomic E-state index is -3.35. The molecule has 3 N–H and O–H groups in total. The maximum atomic E-state index is 14.2. The highest BCUT2D eigenvalue weighted by Crippen LogP contribution is 2.40. The summed E-state index contributed by atoms with van der Waals surface area (Å²) in [7, 11) is 1.58. The second-order valence-corrected chi connectivity index (χ2v) is 8.23. The van der Waals surface area contributed by atoms with Crippen LogP contribution in [0.5, 0.6) is 5.75 Å². The molecule has 4 atom stereocenters. The Kier molecular flexibility index (Phi) is 11.1. The van der Waals surface area contributed by atoms with Gasteiger partial charge in [-0.15, -0.1) is 0 Å². The van der Waals surface area contributed by atoms with Gasteiger partial charge < -0.3 is 25.0 Å². The number of aliphatic hydroxyl groups is 2. The standard InChI is InChI=1S/C24H35F2NO5/c1-31-16-15-27-23(30)12-8-3-2-7-11-19-20(22(29)17-21(19)28)13-14-24(25,26)32-18-9-5-4-6-10-18/h2,4-7,9-10,19-22,28-29H,3,8,11-17H2,1H3,(H,27,30)/b7-2-/t19-,20-,21+,22-/m1/s1. The third kappa shape index (κ3) is 9.22. The average molecular weight is 456 g/mol. The third-order valence-electron chi connectivity index (χ3n) is 5.78. The lowest BCUT2D eigenvalue weighted by atomic mass is 9.86. The van der Waals surface area contributed by atoms with E-state index in [1.54, 1.807) is 25.3 Å². The molecule has 1 aromatic carbocycles. The number of amides is 1. The fourth-order valence-corrected chi connectivity index (χ4v) is 4.09. The Morgan fingerprint density at radius 2 is 1.91 bits per heavy atom. The van der Waals surface area contributed by atoms with Crippen molar-refractivity contribution in [3.63, 3.8) is 0 Å². The second kappa shape index (κ2) is 13.5. The number of carbonyl (C=O) groups excluding carboxylic acids is 1. The van der Waals surface area contributed by atoms with E-state index in [-0.39, 0.29) is 30.4 Å². The van der Waals surface area contributed by atoms with Crippen LogP contribution in [0, 0.1) is 11.8 Å². The van der Waals surface area contributed by atoms with E-state index >= 15 is 0 Å². The normalized spacial score (nSPS) is 23.5. The number of halogens is 2. The van der Waals surface area contributed by atoms with Crippen LogP contribution in [0.25, 0.3) is 0 Å². The summed E-state index contributed by atoms with van der Waals surface area (Å²) in [5, 5.41) is 23.3. The first kappa shape index (κ1) is 26.2. The lowest BCUT2D eigenvalue weighted by Crippen LogP contribution is -2.29. The fourth-order valence-electron chi connectivity index (χ4n) is 4.09. The van der Waals surface area contributed by atoms with Crippen LogP contribution in [0.3, 0.4) is 0 Å². The molecule has 0 radical (unpaired) electrons. The summed E-state index contributed by atoms with van der Waals surface area (Å²) in [6.07, 6.45) is 0.966. The molecule has 0 aliphatic heterocycles. The Labute approximate surface area is 188 Å². The highest BCUT2D eigenvalue weighted by molar-refractivity contribution is 5.75. The Balaban J connectivity index is 1.75. The van der Waals surface area contributed by atoms with Crippen LogP contribution >= 0.6 is 0 Å². The SMILES string of the molecule is COCCNC(=O)CCC/C=C\C[C@@H]1[C@@H](CCC(F)(F)Oc2ccccc2)[C@H](O)C[C@@H]1O. The molecule has 0 aromatic heterocycles. The van der Waals surface area contributed by atoms with Crippen molar-refractivity contribution >= 4 is 5.91 Å². The van der Waals surface area contributed by atoms with E-state index < -0.39 is 30.7 Å². The van der Waals surface area contributed by atoms with Gasteiger partial charge in [0.15, 0.2) is 0 Å². The zero-order valence-electron chi connectivity index (χ0n) is 18.6. The van der Waals surface area contributed by atoms with E-state index in [1.807, 2.05) is 12.2 Å². The Bertz CT molecular complexity index is 701.